The van der Waals surface area contributed by atoms with E-state index in [-0.39, 0.29) is 24.2 Å². The standard InChI is InChI=1S/C24H25FN6O4S/c1-16-3-4-17(10-26-16)13-29-21-6-5-19(31(36(34)35)24(15-25)7-8-24)9-20(21)22(32)30(23(29)33)14-18-11-27-28(2)12-18/h3-6,9-12,36H,7-8,13-15H2,1-2H3. The van der Waals surface area contributed by atoms with Crippen molar-refractivity contribution >= 4 is 27.5 Å². The molecule has 0 bridgehead atoms. The van der Waals surface area contributed by atoms with Gasteiger partial charge in [-0.15, -0.1) is 0 Å². The molecular weight excluding hydrogens is 487 g/mol. The molecule has 0 atom stereocenters. The summed E-state index contributed by atoms with van der Waals surface area (Å²) in [6.45, 7) is 1.19. The van der Waals surface area contributed by atoms with Crippen LogP contribution in [0.2, 0.25) is 0 Å². The van der Waals surface area contributed by atoms with E-state index in [0.29, 0.717) is 23.9 Å². The number of thiol groups is 1. The average molecular weight is 513 g/mol. The average Bonchev–Trinajstić information content (AvgIpc) is 3.53. The van der Waals surface area contributed by atoms with Gasteiger partial charge in [-0.25, -0.2) is 17.6 Å². The molecule has 1 aromatic carbocycles. The maximum absolute atomic E-state index is 13.8. The van der Waals surface area contributed by atoms with Crippen molar-refractivity contribution in [3.8, 4) is 0 Å². The van der Waals surface area contributed by atoms with E-state index in [1.165, 1.54) is 16.7 Å². The van der Waals surface area contributed by atoms with Gasteiger partial charge < -0.3 is 0 Å². The summed E-state index contributed by atoms with van der Waals surface area (Å²) in [7, 11) is -1.41. The van der Waals surface area contributed by atoms with E-state index in [1.807, 2.05) is 19.1 Å². The van der Waals surface area contributed by atoms with Gasteiger partial charge in [0.1, 0.15) is 6.67 Å². The number of alkyl halides is 1. The van der Waals surface area contributed by atoms with Crippen LogP contribution in [0.15, 0.2) is 58.5 Å². The molecule has 3 aromatic heterocycles. The first-order valence-electron chi connectivity index (χ1n) is 11.4. The van der Waals surface area contributed by atoms with Gasteiger partial charge in [-0.3, -0.25) is 27.9 Å². The summed E-state index contributed by atoms with van der Waals surface area (Å²) in [6.07, 6.45) is 5.75. The number of hydrogen-bond donors (Lipinski definition) is 1. The van der Waals surface area contributed by atoms with Crippen molar-refractivity contribution in [2.45, 2.75) is 38.4 Å². The second-order valence-electron chi connectivity index (χ2n) is 9.20. The largest absolute Gasteiger partial charge is 0.332 e. The summed E-state index contributed by atoms with van der Waals surface area (Å²) < 4.78 is 43.2. The zero-order valence-corrected chi connectivity index (χ0v) is 20.7. The number of rotatable bonds is 8. The molecule has 36 heavy (non-hydrogen) atoms. The highest BCUT2D eigenvalue weighted by atomic mass is 32.2. The number of halogens is 1. The van der Waals surface area contributed by atoms with E-state index in [1.54, 1.807) is 36.4 Å². The number of aromatic nitrogens is 5. The van der Waals surface area contributed by atoms with Gasteiger partial charge in [-0.1, -0.05) is 6.07 Å². The van der Waals surface area contributed by atoms with Crippen LogP contribution in [0.1, 0.15) is 29.7 Å². The van der Waals surface area contributed by atoms with Crippen molar-refractivity contribution in [1.29, 1.82) is 0 Å². The van der Waals surface area contributed by atoms with Crippen LogP contribution >= 0.6 is 0 Å². The molecule has 0 N–H and O–H groups in total. The van der Waals surface area contributed by atoms with Crippen LogP contribution in [0.5, 0.6) is 0 Å². The summed E-state index contributed by atoms with van der Waals surface area (Å²) in [4.78, 5) is 31.4. The maximum Gasteiger partial charge on any atom is 0.332 e. The summed E-state index contributed by atoms with van der Waals surface area (Å²) in [5.41, 5.74) is 0.607. The molecule has 0 unspecified atom stereocenters. The maximum atomic E-state index is 13.8. The number of hydrogen-bond acceptors (Lipinski definition) is 6. The first-order valence-corrected chi connectivity index (χ1v) is 12.5. The van der Waals surface area contributed by atoms with Gasteiger partial charge in [0.05, 0.1) is 41.4 Å². The van der Waals surface area contributed by atoms with Crippen LogP contribution in [0.3, 0.4) is 0 Å². The molecule has 10 nitrogen and oxygen atoms in total. The van der Waals surface area contributed by atoms with Crippen molar-refractivity contribution in [2.24, 2.45) is 7.05 Å². The van der Waals surface area contributed by atoms with E-state index in [0.717, 1.165) is 20.1 Å². The molecule has 4 aromatic rings. The second kappa shape index (κ2) is 9.01. The molecule has 3 heterocycles. The van der Waals surface area contributed by atoms with Gasteiger partial charge in [-0.05, 0) is 49.6 Å². The number of pyridine rings is 1. The lowest BCUT2D eigenvalue weighted by Gasteiger charge is -2.26. The van der Waals surface area contributed by atoms with Crippen molar-refractivity contribution in [3.63, 3.8) is 0 Å². The van der Waals surface area contributed by atoms with Crippen LogP contribution in [0, 0.1) is 6.92 Å². The lowest BCUT2D eigenvalue weighted by atomic mass is 10.1. The third kappa shape index (κ3) is 4.21. The van der Waals surface area contributed by atoms with E-state index in [2.05, 4.69) is 10.1 Å². The lowest BCUT2D eigenvalue weighted by molar-refractivity contribution is 0.417. The van der Waals surface area contributed by atoms with Crippen LogP contribution in [0.25, 0.3) is 10.9 Å². The lowest BCUT2D eigenvalue weighted by Crippen LogP contribution is -2.41. The fourth-order valence-corrected chi connectivity index (χ4v) is 5.35. The summed E-state index contributed by atoms with van der Waals surface area (Å²) in [5, 5.41) is 4.27. The normalized spacial score (nSPS) is 14.4. The Morgan fingerprint density at radius 2 is 1.81 bits per heavy atom. The summed E-state index contributed by atoms with van der Waals surface area (Å²) in [5.74, 6) is 0. The van der Waals surface area contributed by atoms with Crippen LogP contribution in [-0.2, 0) is 31.0 Å². The first kappa shape index (κ1) is 23.9. The number of benzene rings is 1. The summed E-state index contributed by atoms with van der Waals surface area (Å²) in [6, 6.07) is 8.18. The highest BCUT2D eigenvalue weighted by molar-refractivity contribution is 7.74. The smallest absolute Gasteiger partial charge is 0.289 e. The molecule has 12 heteroatoms. The molecule has 188 valence electrons. The monoisotopic (exact) mass is 512 g/mol. The quantitative estimate of drug-likeness (QED) is 0.359. The topological polar surface area (TPSA) is 112 Å². The van der Waals surface area contributed by atoms with E-state index in [4.69, 9.17) is 0 Å². The SMILES string of the molecule is Cc1ccc(Cn2c(=O)n(Cc3cnn(C)c3)c(=O)c3cc(N([SH](=O)=O)C4(CF)CC4)ccc32)cn1. The molecule has 0 amide bonds. The molecular formula is C24H25FN6O4S. The van der Waals surface area contributed by atoms with E-state index >= 15 is 0 Å². The fourth-order valence-electron chi connectivity index (χ4n) is 4.43. The predicted octanol–water partition coefficient (Wildman–Crippen LogP) is 1.53. The van der Waals surface area contributed by atoms with Gasteiger partial charge in [0.15, 0.2) is 0 Å². The fraction of sp³-hybridized carbons (Fsp3) is 0.333. The minimum atomic E-state index is -3.14. The Labute approximate surface area is 207 Å². The van der Waals surface area contributed by atoms with Crippen LogP contribution < -0.4 is 15.6 Å². The Hall–Kier alpha value is -3.80. The van der Waals surface area contributed by atoms with Crippen LogP contribution in [-0.4, -0.2) is 44.5 Å². The van der Waals surface area contributed by atoms with E-state index < -0.39 is 34.4 Å². The zero-order valence-electron chi connectivity index (χ0n) is 19.8. The van der Waals surface area contributed by atoms with Crippen molar-refractivity contribution in [1.82, 2.24) is 23.9 Å². The molecule has 1 fully saturated rings. The van der Waals surface area contributed by atoms with Gasteiger partial charge in [-0.2, -0.15) is 5.10 Å². The molecule has 1 aliphatic carbocycles. The second-order valence-corrected chi connectivity index (χ2v) is 10.1. The minimum Gasteiger partial charge on any atom is -0.289 e. The molecule has 1 saturated carbocycles. The van der Waals surface area contributed by atoms with Gasteiger partial charge in [0, 0.05) is 30.7 Å². The minimum absolute atomic E-state index is 0.00816. The number of fused-ring (bicyclic) bond motifs is 1. The van der Waals surface area contributed by atoms with E-state index in [9.17, 15) is 22.4 Å². The Bertz CT molecular complexity index is 1640. The third-order valence-corrected chi connectivity index (χ3v) is 7.54. The number of anilines is 1. The molecule has 1 aliphatic rings. The third-order valence-electron chi connectivity index (χ3n) is 6.55. The van der Waals surface area contributed by atoms with Crippen molar-refractivity contribution in [3.05, 3.63) is 86.6 Å². The Balaban J connectivity index is 1.72. The first-order chi connectivity index (χ1) is 17.2. The molecule has 0 radical (unpaired) electrons. The molecule has 5 rings (SSSR count). The summed E-state index contributed by atoms with van der Waals surface area (Å²) >= 11 is 0. The Morgan fingerprint density at radius 3 is 2.39 bits per heavy atom. The zero-order chi connectivity index (χ0) is 25.6. The number of aryl methyl sites for hydroxylation is 2. The highest BCUT2D eigenvalue weighted by Crippen LogP contribution is 2.45. The highest BCUT2D eigenvalue weighted by Gasteiger charge is 2.50. The molecule has 0 spiro atoms. The van der Waals surface area contributed by atoms with Crippen molar-refractivity contribution < 1.29 is 12.8 Å². The molecule has 0 saturated heterocycles. The van der Waals surface area contributed by atoms with Crippen LogP contribution in [0.4, 0.5) is 10.1 Å². The Kier molecular flexibility index (Phi) is 5.99. The predicted molar refractivity (Wildman–Crippen MR) is 134 cm³/mol. The number of nitrogens with zero attached hydrogens (tertiary/aromatic N) is 6. The van der Waals surface area contributed by atoms with Gasteiger partial charge in [0.25, 0.3) is 5.56 Å². The van der Waals surface area contributed by atoms with Crippen molar-refractivity contribution in [2.75, 3.05) is 11.0 Å². The molecule has 0 aliphatic heterocycles. The van der Waals surface area contributed by atoms with Gasteiger partial charge >= 0.3 is 5.69 Å². The Morgan fingerprint density at radius 1 is 1.06 bits per heavy atom. The van der Waals surface area contributed by atoms with Gasteiger partial charge in [0.2, 0.25) is 10.9 Å².